The highest BCUT2D eigenvalue weighted by Crippen LogP contribution is 2.33. The first kappa shape index (κ1) is 27.9. The second kappa shape index (κ2) is 12.2. The topological polar surface area (TPSA) is 77.1 Å². The van der Waals surface area contributed by atoms with Crippen LogP contribution >= 0.6 is 0 Å². The molecule has 5 rings (SSSR count). The number of amides is 1. The third-order valence-electron chi connectivity index (χ3n) is 7.39. The van der Waals surface area contributed by atoms with Gasteiger partial charge < -0.3 is 18.9 Å². The van der Waals surface area contributed by atoms with E-state index in [2.05, 4.69) is 24.3 Å². The lowest BCUT2D eigenvalue weighted by Gasteiger charge is -2.35. The van der Waals surface area contributed by atoms with E-state index in [4.69, 9.17) is 16.0 Å². The Kier molecular flexibility index (Phi) is 8.31. The standard InChI is InChI=1S/C32H34N6O3/c1-22-8-6-10-27(31(22)40-5)32(39)37-16-14-36(15-17-37)21-26-19-34-24(3)38(26)20-25-12-13-28(33-4)29(18-25)41-30-11-7-9-23(2)35-30/h6-13,18-19H,14-17,20-21H2,1-3,5H3. The van der Waals surface area contributed by atoms with E-state index >= 15 is 0 Å². The molecule has 1 saturated heterocycles. The van der Waals surface area contributed by atoms with Crippen LogP contribution in [-0.4, -0.2) is 63.5 Å². The first-order chi connectivity index (χ1) is 19.9. The van der Waals surface area contributed by atoms with E-state index in [0.717, 1.165) is 48.0 Å². The molecule has 0 saturated carbocycles. The van der Waals surface area contributed by atoms with Crippen molar-refractivity contribution in [3.8, 4) is 17.4 Å². The van der Waals surface area contributed by atoms with Crippen LogP contribution in [0.2, 0.25) is 0 Å². The minimum atomic E-state index is 0.00725. The fraction of sp³-hybridized carbons (Fsp3) is 0.312. The van der Waals surface area contributed by atoms with Gasteiger partial charge in [-0.1, -0.05) is 30.3 Å². The summed E-state index contributed by atoms with van der Waals surface area (Å²) < 4.78 is 13.7. The number of para-hydroxylation sites is 1. The van der Waals surface area contributed by atoms with Crippen molar-refractivity contribution in [1.82, 2.24) is 24.3 Å². The summed E-state index contributed by atoms with van der Waals surface area (Å²) in [5.41, 5.74) is 4.96. The zero-order chi connectivity index (χ0) is 28.9. The maximum atomic E-state index is 13.2. The molecule has 0 unspecified atom stereocenters. The van der Waals surface area contributed by atoms with Gasteiger partial charge in [0.2, 0.25) is 11.6 Å². The van der Waals surface area contributed by atoms with Gasteiger partial charge in [0.05, 0.1) is 24.9 Å². The molecule has 2 aromatic carbocycles. The highest BCUT2D eigenvalue weighted by atomic mass is 16.5. The maximum Gasteiger partial charge on any atom is 0.257 e. The van der Waals surface area contributed by atoms with Gasteiger partial charge in [-0.2, -0.15) is 0 Å². The summed E-state index contributed by atoms with van der Waals surface area (Å²) in [5, 5.41) is 0. The van der Waals surface area contributed by atoms with Crippen LogP contribution in [0.15, 0.2) is 60.8 Å². The van der Waals surface area contributed by atoms with Gasteiger partial charge in [-0.05, 0) is 50.1 Å². The number of piperazine rings is 1. The number of pyridine rings is 1. The number of aryl methyl sites for hydroxylation is 3. The number of aromatic nitrogens is 3. The molecule has 210 valence electrons. The summed E-state index contributed by atoms with van der Waals surface area (Å²) in [6.45, 7) is 17.6. The van der Waals surface area contributed by atoms with Gasteiger partial charge in [0.25, 0.3) is 5.91 Å². The average Bonchev–Trinajstić information content (AvgIpc) is 3.31. The predicted octanol–water partition coefficient (Wildman–Crippen LogP) is 5.56. The molecular weight excluding hydrogens is 516 g/mol. The third kappa shape index (κ3) is 6.23. The van der Waals surface area contributed by atoms with Crippen molar-refractivity contribution in [2.24, 2.45) is 0 Å². The van der Waals surface area contributed by atoms with E-state index in [1.165, 1.54) is 0 Å². The third-order valence-corrected chi connectivity index (χ3v) is 7.39. The highest BCUT2D eigenvalue weighted by molar-refractivity contribution is 5.97. The van der Waals surface area contributed by atoms with Gasteiger partial charge in [0.1, 0.15) is 17.3 Å². The Bertz CT molecular complexity index is 1600. The number of carbonyl (C=O) groups is 1. The summed E-state index contributed by atoms with van der Waals surface area (Å²) in [5.74, 6) is 2.52. The van der Waals surface area contributed by atoms with Crippen LogP contribution in [0.1, 0.15) is 38.7 Å². The number of nitrogens with zero attached hydrogens (tertiary/aromatic N) is 6. The van der Waals surface area contributed by atoms with E-state index in [0.29, 0.717) is 48.3 Å². The molecule has 1 fully saturated rings. The van der Waals surface area contributed by atoms with Gasteiger partial charge >= 0.3 is 0 Å². The minimum Gasteiger partial charge on any atom is -0.496 e. The summed E-state index contributed by atoms with van der Waals surface area (Å²) in [6.07, 6.45) is 1.92. The molecule has 0 aliphatic carbocycles. The summed E-state index contributed by atoms with van der Waals surface area (Å²) in [4.78, 5) is 30.1. The molecule has 1 aliphatic heterocycles. The van der Waals surface area contributed by atoms with Crippen molar-refractivity contribution in [3.63, 3.8) is 0 Å². The lowest BCUT2D eigenvalue weighted by Crippen LogP contribution is -2.48. The number of hydrogen-bond acceptors (Lipinski definition) is 6. The Morgan fingerprint density at radius 1 is 1.00 bits per heavy atom. The van der Waals surface area contributed by atoms with E-state index in [9.17, 15) is 4.79 Å². The maximum absolute atomic E-state index is 13.2. The van der Waals surface area contributed by atoms with E-state index < -0.39 is 0 Å². The Morgan fingerprint density at radius 2 is 1.78 bits per heavy atom. The molecule has 0 bridgehead atoms. The van der Waals surface area contributed by atoms with Crippen LogP contribution in [0.5, 0.6) is 17.4 Å². The molecule has 4 aromatic rings. The Morgan fingerprint density at radius 3 is 2.51 bits per heavy atom. The molecule has 0 radical (unpaired) electrons. The van der Waals surface area contributed by atoms with Crippen molar-refractivity contribution < 1.29 is 14.3 Å². The Labute approximate surface area is 240 Å². The van der Waals surface area contributed by atoms with Crippen LogP contribution in [0, 0.1) is 27.3 Å². The van der Waals surface area contributed by atoms with Crippen molar-refractivity contribution >= 4 is 11.6 Å². The number of benzene rings is 2. The molecule has 41 heavy (non-hydrogen) atoms. The number of hydrogen-bond donors (Lipinski definition) is 0. The molecule has 0 spiro atoms. The molecule has 3 heterocycles. The number of carbonyl (C=O) groups excluding carboxylic acids is 1. The number of ether oxygens (including phenoxy) is 2. The highest BCUT2D eigenvalue weighted by Gasteiger charge is 2.25. The van der Waals surface area contributed by atoms with Gasteiger partial charge in [-0.3, -0.25) is 9.69 Å². The molecule has 1 aliphatic rings. The summed E-state index contributed by atoms with van der Waals surface area (Å²) in [6, 6.07) is 16.9. The van der Waals surface area contributed by atoms with Crippen LogP contribution in [-0.2, 0) is 13.1 Å². The zero-order valence-electron chi connectivity index (χ0n) is 23.9. The fourth-order valence-electron chi connectivity index (χ4n) is 5.16. The Hall–Kier alpha value is -4.68. The lowest BCUT2D eigenvalue weighted by molar-refractivity contribution is 0.0622. The molecule has 0 atom stereocenters. The summed E-state index contributed by atoms with van der Waals surface area (Å²) >= 11 is 0. The smallest absolute Gasteiger partial charge is 0.257 e. The second-order valence-electron chi connectivity index (χ2n) is 10.2. The second-order valence-corrected chi connectivity index (χ2v) is 10.2. The SMILES string of the molecule is [C-]#[N+]c1ccc(Cn2c(CN3CCN(C(=O)c4cccc(C)c4OC)CC3)cnc2C)cc1Oc1cccc(C)n1. The van der Waals surface area contributed by atoms with E-state index in [-0.39, 0.29) is 5.91 Å². The minimum absolute atomic E-state index is 0.00725. The number of rotatable bonds is 8. The quantitative estimate of drug-likeness (QED) is 0.267. The molecule has 0 N–H and O–H groups in total. The van der Waals surface area contributed by atoms with Crippen molar-refractivity contribution in [1.29, 1.82) is 0 Å². The molecule has 9 heteroatoms. The van der Waals surface area contributed by atoms with Gasteiger partial charge in [-0.25, -0.2) is 14.8 Å². The monoisotopic (exact) mass is 550 g/mol. The van der Waals surface area contributed by atoms with E-state index in [1.807, 2.05) is 74.3 Å². The average molecular weight is 551 g/mol. The van der Waals surface area contributed by atoms with Crippen LogP contribution in [0.25, 0.3) is 4.85 Å². The Balaban J connectivity index is 1.26. The number of methoxy groups -OCH3 is 1. The summed E-state index contributed by atoms with van der Waals surface area (Å²) in [7, 11) is 1.61. The first-order valence-corrected chi connectivity index (χ1v) is 13.6. The van der Waals surface area contributed by atoms with Crippen molar-refractivity contribution in [3.05, 3.63) is 106 Å². The number of imidazole rings is 1. The van der Waals surface area contributed by atoms with Gasteiger partial charge in [0.15, 0.2) is 0 Å². The van der Waals surface area contributed by atoms with Gasteiger partial charge in [-0.15, -0.1) is 0 Å². The van der Waals surface area contributed by atoms with Crippen molar-refractivity contribution in [2.75, 3.05) is 33.3 Å². The normalized spacial score (nSPS) is 13.6. The van der Waals surface area contributed by atoms with Gasteiger partial charge in [0, 0.05) is 57.2 Å². The molecule has 1 amide bonds. The van der Waals surface area contributed by atoms with Crippen LogP contribution < -0.4 is 9.47 Å². The van der Waals surface area contributed by atoms with Crippen LogP contribution in [0.4, 0.5) is 5.69 Å². The lowest BCUT2D eigenvalue weighted by atomic mass is 10.1. The van der Waals surface area contributed by atoms with Crippen molar-refractivity contribution in [2.45, 2.75) is 33.9 Å². The molecule has 2 aromatic heterocycles. The fourth-order valence-corrected chi connectivity index (χ4v) is 5.16. The first-order valence-electron chi connectivity index (χ1n) is 13.6. The van der Waals surface area contributed by atoms with E-state index in [1.54, 1.807) is 19.2 Å². The predicted molar refractivity (Wildman–Crippen MR) is 157 cm³/mol. The zero-order valence-corrected chi connectivity index (χ0v) is 23.9. The molecular formula is C32H34N6O3. The largest absolute Gasteiger partial charge is 0.496 e. The van der Waals surface area contributed by atoms with Crippen LogP contribution in [0.3, 0.4) is 0 Å². The molecule has 9 nitrogen and oxygen atoms in total.